The molecule has 2 aliphatic carbocycles. The Balaban J connectivity index is 1.26. The number of rotatable bonds is 7. The number of anilines is 1. The molecule has 1 saturated heterocycles. The highest BCUT2D eigenvalue weighted by molar-refractivity contribution is 6.58. The van der Waals surface area contributed by atoms with Crippen LogP contribution >= 0.6 is 0 Å². The third-order valence-corrected chi connectivity index (χ3v) is 7.98. The molecule has 206 valence electrons. The van der Waals surface area contributed by atoms with E-state index in [-0.39, 0.29) is 23.1 Å². The average Bonchev–Trinajstić information content (AvgIpc) is 3.82. The van der Waals surface area contributed by atoms with Crippen LogP contribution in [-0.4, -0.2) is 58.6 Å². The Morgan fingerprint density at radius 1 is 1.13 bits per heavy atom. The first kappa shape index (κ1) is 26.2. The van der Waals surface area contributed by atoms with Crippen molar-refractivity contribution in [2.75, 3.05) is 18.0 Å². The Hall–Kier alpha value is -3.03. The lowest BCUT2D eigenvalue weighted by atomic mass is 9.79. The van der Waals surface area contributed by atoms with E-state index in [9.17, 15) is 28.0 Å². The SMILES string of the molecule is O=C1NC(c2ccc(C(F)(F)F)nc2C2CC2)=NC12CCN(c1cc(B(O)O)cc(F)c1CNC1CC1)CC2. The number of alkyl halides is 3. The maximum atomic E-state index is 15.1. The molecule has 8 nitrogen and oxygen atoms in total. The van der Waals surface area contributed by atoms with Crippen molar-refractivity contribution in [1.29, 1.82) is 0 Å². The van der Waals surface area contributed by atoms with Crippen molar-refractivity contribution >= 4 is 30.0 Å². The van der Waals surface area contributed by atoms with Gasteiger partial charge in [0.25, 0.3) is 5.91 Å². The maximum Gasteiger partial charge on any atom is 0.488 e. The minimum absolute atomic E-state index is 0.0410. The standard InChI is InChI=1S/C26H28BF4N5O3/c28-19-11-15(27(38)39)12-20(18(19)13-32-16-3-4-16)36-9-7-25(8-10-36)24(37)34-23(35-25)17-5-6-21(26(29,30)31)33-22(17)14-1-2-14/h5-6,11-12,14,16,32,38-39H,1-4,7-10,13H2,(H,34,35,37). The minimum atomic E-state index is -4.56. The fraction of sp³-hybridized carbons (Fsp3) is 0.500. The van der Waals surface area contributed by atoms with E-state index in [0.717, 1.165) is 37.8 Å². The normalized spacial score (nSPS) is 20.8. The van der Waals surface area contributed by atoms with Crippen LogP contribution in [0.25, 0.3) is 0 Å². The monoisotopic (exact) mass is 545 g/mol. The number of pyridine rings is 1. The van der Waals surface area contributed by atoms with Gasteiger partial charge in [-0.3, -0.25) is 9.79 Å². The third kappa shape index (κ3) is 5.14. The topological polar surface area (TPSA) is 110 Å². The number of nitrogens with one attached hydrogen (secondary N) is 2. The zero-order valence-corrected chi connectivity index (χ0v) is 21.1. The maximum absolute atomic E-state index is 15.1. The van der Waals surface area contributed by atoms with Crippen LogP contribution in [0.1, 0.15) is 67.0 Å². The van der Waals surface area contributed by atoms with E-state index in [1.54, 1.807) is 6.07 Å². The van der Waals surface area contributed by atoms with Gasteiger partial charge in [0.2, 0.25) is 0 Å². The number of halogens is 4. The van der Waals surface area contributed by atoms with Crippen molar-refractivity contribution in [2.24, 2.45) is 4.99 Å². The lowest BCUT2D eigenvalue weighted by molar-refractivity contribution is -0.141. The van der Waals surface area contributed by atoms with Crippen molar-refractivity contribution in [1.82, 2.24) is 15.6 Å². The number of amides is 1. The zero-order chi connectivity index (χ0) is 27.5. The quantitative estimate of drug-likeness (QED) is 0.313. The lowest BCUT2D eigenvalue weighted by Gasteiger charge is -2.38. The number of aromatic nitrogens is 1. The number of piperidine rings is 1. The van der Waals surface area contributed by atoms with Crippen molar-refractivity contribution in [3.63, 3.8) is 0 Å². The summed E-state index contributed by atoms with van der Waals surface area (Å²) in [4.78, 5) is 23.7. The molecule has 4 N–H and O–H groups in total. The summed E-state index contributed by atoms with van der Waals surface area (Å²) in [6, 6.07) is 5.29. The molecule has 4 aliphatic rings. The Kier molecular flexibility index (Phi) is 6.43. The largest absolute Gasteiger partial charge is 0.488 e. The van der Waals surface area contributed by atoms with Gasteiger partial charge in [0.05, 0.1) is 5.69 Å². The van der Waals surface area contributed by atoms with Gasteiger partial charge in [0, 0.05) is 48.4 Å². The Morgan fingerprint density at radius 3 is 2.46 bits per heavy atom. The molecule has 0 bridgehead atoms. The first-order valence-electron chi connectivity index (χ1n) is 13.2. The highest BCUT2D eigenvalue weighted by Crippen LogP contribution is 2.43. The number of aliphatic imine (C=N–C) groups is 1. The Morgan fingerprint density at radius 2 is 1.85 bits per heavy atom. The van der Waals surface area contributed by atoms with Gasteiger partial charge in [0.1, 0.15) is 22.9 Å². The second-order valence-corrected chi connectivity index (χ2v) is 10.9. The third-order valence-electron chi connectivity index (χ3n) is 7.98. The summed E-state index contributed by atoms with van der Waals surface area (Å²) < 4.78 is 54.9. The van der Waals surface area contributed by atoms with E-state index in [1.165, 1.54) is 6.07 Å². The van der Waals surface area contributed by atoms with E-state index in [2.05, 4.69) is 15.6 Å². The van der Waals surface area contributed by atoms with Crippen LogP contribution in [-0.2, 0) is 17.5 Å². The van der Waals surface area contributed by atoms with Gasteiger partial charge in [-0.2, -0.15) is 13.2 Å². The van der Waals surface area contributed by atoms with Crippen molar-refractivity contribution in [3.8, 4) is 0 Å². The van der Waals surface area contributed by atoms with Crippen LogP contribution in [0.4, 0.5) is 23.2 Å². The minimum Gasteiger partial charge on any atom is -0.423 e. The molecule has 1 amide bonds. The first-order chi connectivity index (χ1) is 18.5. The van der Waals surface area contributed by atoms with Crippen molar-refractivity contribution in [3.05, 3.63) is 52.6 Å². The summed E-state index contributed by atoms with van der Waals surface area (Å²) >= 11 is 0. The second-order valence-electron chi connectivity index (χ2n) is 10.9. The molecule has 3 heterocycles. The predicted octanol–water partition coefficient (Wildman–Crippen LogP) is 1.96. The van der Waals surface area contributed by atoms with Gasteiger partial charge < -0.3 is 25.6 Å². The molecule has 0 atom stereocenters. The van der Waals surface area contributed by atoms with Gasteiger partial charge in [0.15, 0.2) is 0 Å². The van der Waals surface area contributed by atoms with Gasteiger partial charge in [-0.25, -0.2) is 9.37 Å². The zero-order valence-electron chi connectivity index (χ0n) is 21.1. The molecule has 1 aromatic carbocycles. The lowest BCUT2D eigenvalue weighted by Crippen LogP contribution is -2.49. The Bertz CT molecular complexity index is 1340. The molecule has 2 aromatic rings. The van der Waals surface area contributed by atoms with Crippen molar-refractivity contribution in [2.45, 2.75) is 68.7 Å². The molecule has 3 fully saturated rings. The molecule has 1 aromatic heterocycles. The van der Waals surface area contributed by atoms with Gasteiger partial charge in [-0.05, 0) is 68.3 Å². The summed E-state index contributed by atoms with van der Waals surface area (Å²) in [7, 11) is -1.83. The number of hydrogen-bond donors (Lipinski definition) is 4. The number of carbonyl (C=O) groups excluding carboxylic acids is 1. The number of benzene rings is 1. The highest BCUT2D eigenvalue weighted by atomic mass is 19.4. The number of hydrogen-bond acceptors (Lipinski definition) is 7. The molecular weight excluding hydrogens is 517 g/mol. The van der Waals surface area contributed by atoms with E-state index >= 15 is 4.39 Å². The van der Waals surface area contributed by atoms with Crippen LogP contribution in [0.5, 0.6) is 0 Å². The summed E-state index contributed by atoms with van der Waals surface area (Å²) in [6.45, 7) is 1.00. The molecule has 0 radical (unpaired) electrons. The molecule has 6 rings (SSSR count). The van der Waals surface area contributed by atoms with E-state index in [4.69, 9.17) is 4.99 Å². The van der Waals surface area contributed by atoms with Crippen LogP contribution in [0, 0.1) is 5.82 Å². The summed E-state index contributed by atoms with van der Waals surface area (Å²) in [6.07, 6.45) is -0.424. The summed E-state index contributed by atoms with van der Waals surface area (Å²) in [5.74, 6) is -0.708. The van der Waals surface area contributed by atoms with E-state index < -0.39 is 30.3 Å². The molecule has 39 heavy (non-hydrogen) atoms. The van der Waals surface area contributed by atoms with Crippen molar-refractivity contribution < 1.29 is 32.4 Å². The highest BCUT2D eigenvalue weighted by Gasteiger charge is 2.47. The summed E-state index contributed by atoms with van der Waals surface area (Å²) in [5.41, 5.74) is -0.331. The van der Waals surface area contributed by atoms with Crippen LogP contribution in [0.3, 0.4) is 0 Å². The fourth-order valence-corrected chi connectivity index (χ4v) is 5.38. The predicted molar refractivity (Wildman–Crippen MR) is 136 cm³/mol. The molecular formula is C26H28BF4N5O3. The van der Waals surface area contributed by atoms with Crippen LogP contribution in [0.15, 0.2) is 29.3 Å². The van der Waals surface area contributed by atoms with E-state index in [1.807, 2.05) is 4.90 Å². The van der Waals surface area contributed by atoms with E-state index in [0.29, 0.717) is 61.0 Å². The Labute approximate surface area is 222 Å². The average molecular weight is 545 g/mol. The van der Waals surface area contributed by atoms with Crippen LogP contribution in [0.2, 0.25) is 0 Å². The molecule has 2 aliphatic heterocycles. The summed E-state index contributed by atoms with van der Waals surface area (Å²) in [5, 5.41) is 25.4. The molecule has 13 heteroatoms. The smallest absolute Gasteiger partial charge is 0.423 e. The number of nitrogens with zero attached hydrogens (tertiary/aromatic N) is 3. The molecule has 1 spiro atoms. The molecule has 2 saturated carbocycles. The fourth-order valence-electron chi connectivity index (χ4n) is 5.38. The first-order valence-corrected chi connectivity index (χ1v) is 13.2. The number of carbonyl (C=O) groups is 1. The van der Waals surface area contributed by atoms with Gasteiger partial charge >= 0.3 is 13.3 Å². The second kappa shape index (κ2) is 9.56. The molecule has 0 unspecified atom stereocenters. The number of amidine groups is 1. The van der Waals surface area contributed by atoms with Gasteiger partial charge in [-0.15, -0.1) is 0 Å². The van der Waals surface area contributed by atoms with Crippen LogP contribution < -0.4 is 21.0 Å². The van der Waals surface area contributed by atoms with Gasteiger partial charge in [-0.1, -0.05) is 0 Å².